The van der Waals surface area contributed by atoms with Crippen molar-refractivity contribution in [3.63, 3.8) is 0 Å². The van der Waals surface area contributed by atoms with Gasteiger partial charge in [-0.15, -0.1) is 0 Å². The number of hydrogen-bond donors (Lipinski definition) is 0. The van der Waals surface area contributed by atoms with Gasteiger partial charge in [-0.2, -0.15) is 0 Å². The topological polar surface area (TPSA) is 3.24 Å². The number of rotatable bonds is 0. The molecule has 1 heterocycles. The summed E-state index contributed by atoms with van der Waals surface area (Å²) < 4.78 is 0. The Morgan fingerprint density at radius 1 is 1.04 bits per heavy atom. The van der Waals surface area contributed by atoms with E-state index in [4.69, 9.17) is 0 Å². The van der Waals surface area contributed by atoms with Crippen LogP contribution in [0.2, 0.25) is 0 Å². The average molecular weight is 303 g/mol. The zero-order valence-electron chi connectivity index (χ0n) is 14.2. The molecule has 0 amide bonds. The van der Waals surface area contributed by atoms with E-state index in [0.717, 1.165) is 6.42 Å². The van der Waals surface area contributed by atoms with Gasteiger partial charge in [-0.3, -0.25) is 0 Å². The van der Waals surface area contributed by atoms with Gasteiger partial charge in [0, 0.05) is 13.1 Å². The lowest BCUT2D eigenvalue weighted by molar-refractivity contribution is 0.313. The Morgan fingerprint density at radius 3 is 2.65 bits per heavy atom. The number of allylic oxidation sites excluding steroid dienone is 6. The number of fused-ring (bicyclic) bond motifs is 2. The lowest BCUT2D eigenvalue weighted by Gasteiger charge is -2.29. The van der Waals surface area contributed by atoms with Crippen molar-refractivity contribution in [1.29, 1.82) is 0 Å². The van der Waals surface area contributed by atoms with Gasteiger partial charge in [0.2, 0.25) is 0 Å². The van der Waals surface area contributed by atoms with Gasteiger partial charge in [-0.1, -0.05) is 61.1 Å². The highest BCUT2D eigenvalue weighted by Crippen LogP contribution is 2.42. The third kappa shape index (κ3) is 2.74. The van der Waals surface area contributed by atoms with Crippen LogP contribution in [0.3, 0.4) is 0 Å². The van der Waals surface area contributed by atoms with Gasteiger partial charge in [0.15, 0.2) is 0 Å². The maximum Gasteiger partial charge on any atom is 0.00160 e. The summed E-state index contributed by atoms with van der Waals surface area (Å²) in [6, 6.07) is 8.90. The fourth-order valence-corrected chi connectivity index (χ4v) is 3.99. The lowest BCUT2D eigenvalue weighted by atomic mass is 9.81. The Morgan fingerprint density at radius 2 is 1.83 bits per heavy atom. The second-order valence-electron chi connectivity index (χ2n) is 7.16. The van der Waals surface area contributed by atoms with E-state index < -0.39 is 0 Å². The van der Waals surface area contributed by atoms with E-state index in [1.165, 1.54) is 53.8 Å². The van der Waals surface area contributed by atoms with Crippen LogP contribution >= 0.6 is 0 Å². The van der Waals surface area contributed by atoms with Crippen LogP contribution in [0.15, 0.2) is 59.2 Å². The zero-order chi connectivity index (χ0) is 15.8. The minimum absolute atomic E-state index is 0.642. The fourth-order valence-electron chi connectivity index (χ4n) is 3.99. The summed E-state index contributed by atoms with van der Waals surface area (Å²) in [5, 5.41) is 0. The van der Waals surface area contributed by atoms with Gasteiger partial charge >= 0.3 is 0 Å². The van der Waals surface area contributed by atoms with Gasteiger partial charge in [-0.25, -0.2) is 0 Å². The predicted octanol–water partition coefficient (Wildman–Crippen LogP) is 5.09. The summed E-state index contributed by atoms with van der Waals surface area (Å²) in [6.45, 7) is 4.67. The van der Waals surface area contributed by atoms with Gasteiger partial charge in [0.25, 0.3) is 0 Å². The minimum atomic E-state index is 0.642. The molecule has 0 N–H and O–H groups in total. The Hall–Kier alpha value is -1.86. The molecule has 1 fully saturated rings. The lowest BCUT2D eigenvalue weighted by Crippen LogP contribution is -2.27. The SMILES string of the molecule is CC1C=C2C=Cc3ccccc3C(=C3CCN(C)CC3)C2=CC1. The van der Waals surface area contributed by atoms with Crippen LogP contribution in [-0.2, 0) is 0 Å². The first-order valence-corrected chi connectivity index (χ1v) is 8.83. The Kier molecular flexibility index (Phi) is 3.82. The second-order valence-corrected chi connectivity index (χ2v) is 7.16. The highest BCUT2D eigenvalue weighted by molar-refractivity contribution is 5.93. The predicted molar refractivity (Wildman–Crippen MR) is 99.1 cm³/mol. The molecule has 1 aromatic rings. The van der Waals surface area contributed by atoms with E-state index in [2.05, 4.69) is 67.4 Å². The first kappa shape index (κ1) is 14.7. The molecule has 4 rings (SSSR count). The number of likely N-dealkylation sites (tertiary alicyclic amines) is 1. The number of benzene rings is 1. The van der Waals surface area contributed by atoms with Crippen molar-refractivity contribution in [2.75, 3.05) is 20.1 Å². The Balaban J connectivity index is 1.90. The van der Waals surface area contributed by atoms with E-state index in [1.807, 2.05) is 0 Å². The fraction of sp³-hybridized carbons (Fsp3) is 0.364. The quantitative estimate of drug-likeness (QED) is 0.645. The Bertz CT molecular complexity index is 735. The molecule has 1 aliphatic heterocycles. The molecule has 1 aromatic carbocycles. The summed E-state index contributed by atoms with van der Waals surface area (Å²) in [7, 11) is 2.23. The maximum absolute atomic E-state index is 2.48. The normalized spacial score (nSPS) is 24.5. The molecule has 0 saturated carbocycles. The molecule has 1 nitrogen and oxygen atoms in total. The molecule has 0 bridgehead atoms. The molecule has 3 aliphatic rings. The molecule has 0 spiro atoms. The van der Waals surface area contributed by atoms with Crippen molar-refractivity contribution in [3.05, 3.63) is 70.3 Å². The highest BCUT2D eigenvalue weighted by Gasteiger charge is 2.24. The number of piperidine rings is 1. The summed E-state index contributed by atoms with van der Waals surface area (Å²) >= 11 is 0. The molecule has 118 valence electrons. The van der Waals surface area contributed by atoms with Crippen LogP contribution in [0.4, 0.5) is 0 Å². The molecule has 1 saturated heterocycles. The monoisotopic (exact) mass is 303 g/mol. The summed E-state index contributed by atoms with van der Waals surface area (Å²) in [6.07, 6.45) is 13.1. The summed E-state index contributed by atoms with van der Waals surface area (Å²) in [4.78, 5) is 2.44. The number of hydrogen-bond acceptors (Lipinski definition) is 1. The zero-order valence-corrected chi connectivity index (χ0v) is 14.2. The molecule has 1 atom stereocenters. The molecular weight excluding hydrogens is 278 g/mol. The van der Waals surface area contributed by atoms with Crippen LogP contribution in [0.1, 0.15) is 37.3 Å². The molecule has 0 aromatic heterocycles. The molecule has 1 unspecified atom stereocenters. The molecular formula is C22H25N. The highest BCUT2D eigenvalue weighted by atomic mass is 15.1. The molecule has 2 aliphatic carbocycles. The van der Waals surface area contributed by atoms with E-state index in [0.29, 0.717) is 5.92 Å². The van der Waals surface area contributed by atoms with Crippen molar-refractivity contribution < 1.29 is 0 Å². The van der Waals surface area contributed by atoms with Crippen molar-refractivity contribution in [2.24, 2.45) is 5.92 Å². The second kappa shape index (κ2) is 5.98. The maximum atomic E-state index is 2.48. The van der Waals surface area contributed by atoms with E-state index >= 15 is 0 Å². The third-order valence-electron chi connectivity index (χ3n) is 5.35. The van der Waals surface area contributed by atoms with Crippen LogP contribution < -0.4 is 0 Å². The molecule has 23 heavy (non-hydrogen) atoms. The largest absolute Gasteiger partial charge is 0.306 e. The van der Waals surface area contributed by atoms with Crippen LogP contribution in [-0.4, -0.2) is 25.0 Å². The van der Waals surface area contributed by atoms with Gasteiger partial charge in [-0.05, 0) is 60.1 Å². The van der Waals surface area contributed by atoms with Crippen LogP contribution in [0.25, 0.3) is 11.6 Å². The smallest absolute Gasteiger partial charge is 0.00160 e. The average Bonchev–Trinajstić information content (AvgIpc) is 2.72. The Labute approximate surface area is 139 Å². The van der Waals surface area contributed by atoms with Gasteiger partial charge in [0.05, 0.1) is 0 Å². The van der Waals surface area contributed by atoms with Crippen molar-refractivity contribution in [1.82, 2.24) is 4.90 Å². The minimum Gasteiger partial charge on any atom is -0.306 e. The third-order valence-corrected chi connectivity index (χ3v) is 5.35. The van der Waals surface area contributed by atoms with E-state index in [9.17, 15) is 0 Å². The number of nitrogens with zero attached hydrogens (tertiary/aromatic N) is 1. The first-order valence-electron chi connectivity index (χ1n) is 8.83. The van der Waals surface area contributed by atoms with Crippen molar-refractivity contribution in [3.8, 4) is 0 Å². The standard InChI is InChI=1S/C22H25N/c1-16-7-10-21-19(15-16)9-8-17-5-3-4-6-20(17)22(21)18-11-13-23(2)14-12-18/h3-6,8-10,15-16H,7,11-14H2,1-2H3. The van der Waals surface area contributed by atoms with Crippen LogP contribution in [0, 0.1) is 5.92 Å². The first-order chi connectivity index (χ1) is 11.2. The summed E-state index contributed by atoms with van der Waals surface area (Å²) in [5.74, 6) is 0.642. The van der Waals surface area contributed by atoms with E-state index in [-0.39, 0.29) is 0 Å². The van der Waals surface area contributed by atoms with Crippen molar-refractivity contribution >= 4 is 11.6 Å². The van der Waals surface area contributed by atoms with Gasteiger partial charge in [0.1, 0.15) is 0 Å². The van der Waals surface area contributed by atoms with E-state index in [1.54, 1.807) is 5.57 Å². The molecule has 1 heteroatoms. The van der Waals surface area contributed by atoms with Gasteiger partial charge < -0.3 is 4.90 Å². The van der Waals surface area contributed by atoms with Crippen molar-refractivity contribution in [2.45, 2.75) is 26.2 Å². The summed E-state index contributed by atoms with van der Waals surface area (Å²) in [5.41, 5.74) is 8.85. The molecule has 0 radical (unpaired) electrons. The van der Waals surface area contributed by atoms with Crippen LogP contribution in [0.5, 0.6) is 0 Å².